The smallest absolute Gasteiger partial charge is 0.243 e. The summed E-state index contributed by atoms with van der Waals surface area (Å²) in [6, 6.07) is 0.761. The molecule has 0 aromatic carbocycles. The van der Waals surface area contributed by atoms with Crippen LogP contribution in [0.5, 0.6) is 0 Å². The molecule has 0 radical (unpaired) electrons. The monoisotopic (exact) mass is 321 g/mol. The summed E-state index contributed by atoms with van der Waals surface area (Å²) in [6.45, 7) is 15.5. The summed E-state index contributed by atoms with van der Waals surface area (Å²) < 4.78 is 0. The lowest BCUT2D eigenvalue weighted by Gasteiger charge is -2.37. The first-order chi connectivity index (χ1) is 10.9. The summed E-state index contributed by atoms with van der Waals surface area (Å²) in [5.74, 6) is 1.45. The van der Waals surface area contributed by atoms with Gasteiger partial charge < -0.3 is 10.2 Å². The molecular formula is C19H35N3O. The van der Waals surface area contributed by atoms with E-state index in [0.29, 0.717) is 5.92 Å². The molecule has 0 aliphatic carbocycles. The van der Waals surface area contributed by atoms with Gasteiger partial charge in [-0.2, -0.15) is 0 Å². The second-order valence-electron chi connectivity index (χ2n) is 8.04. The van der Waals surface area contributed by atoms with Crippen molar-refractivity contribution in [2.24, 2.45) is 11.8 Å². The van der Waals surface area contributed by atoms with E-state index in [-0.39, 0.29) is 5.91 Å². The van der Waals surface area contributed by atoms with Crippen LogP contribution in [0.4, 0.5) is 0 Å². The third-order valence-electron chi connectivity index (χ3n) is 5.00. The van der Waals surface area contributed by atoms with Crippen LogP contribution >= 0.6 is 0 Å². The molecule has 4 heteroatoms. The summed E-state index contributed by atoms with van der Waals surface area (Å²) in [5, 5.41) is 3.06. The molecule has 132 valence electrons. The van der Waals surface area contributed by atoms with Crippen LogP contribution in [0, 0.1) is 11.8 Å². The summed E-state index contributed by atoms with van der Waals surface area (Å²) in [5.41, 5.74) is 1.06. The molecule has 2 heterocycles. The van der Waals surface area contributed by atoms with Crippen molar-refractivity contribution in [2.45, 2.75) is 53.0 Å². The highest BCUT2D eigenvalue weighted by Crippen LogP contribution is 2.24. The number of likely N-dealkylation sites (tertiary alicyclic amines) is 2. The average Bonchev–Trinajstić information content (AvgIpc) is 2.93. The Morgan fingerprint density at radius 3 is 2.48 bits per heavy atom. The van der Waals surface area contributed by atoms with E-state index in [9.17, 15) is 4.79 Å². The highest BCUT2D eigenvalue weighted by Gasteiger charge is 2.30. The number of nitrogens with zero attached hydrogens (tertiary/aromatic N) is 2. The lowest BCUT2D eigenvalue weighted by Crippen LogP contribution is -2.45. The Bertz CT molecular complexity index is 407. The minimum absolute atomic E-state index is 0.0606. The van der Waals surface area contributed by atoms with Gasteiger partial charge in [0.05, 0.1) is 0 Å². The molecule has 2 rings (SSSR count). The molecule has 4 nitrogen and oxygen atoms in total. The number of nitrogens with one attached hydrogen (secondary N) is 1. The third kappa shape index (κ3) is 6.27. The zero-order chi connectivity index (χ0) is 16.8. The second-order valence-corrected chi connectivity index (χ2v) is 8.04. The van der Waals surface area contributed by atoms with Gasteiger partial charge in [-0.05, 0) is 64.6 Å². The molecule has 0 saturated carbocycles. The van der Waals surface area contributed by atoms with Crippen LogP contribution in [-0.2, 0) is 4.79 Å². The van der Waals surface area contributed by atoms with E-state index in [4.69, 9.17) is 0 Å². The van der Waals surface area contributed by atoms with E-state index in [1.807, 2.05) is 13.8 Å². The molecule has 1 atom stereocenters. The minimum Gasteiger partial charge on any atom is -0.352 e. The van der Waals surface area contributed by atoms with Gasteiger partial charge in [-0.15, -0.1) is 0 Å². The van der Waals surface area contributed by atoms with Crippen molar-refractivity contribution in [3.8, 4) is 0 Å². The SMILES string of the molecule is CC(C)=CC(=O)NCC1CCN(C2CCN(CC(C)C)CC2)C1. The molecular weight excluding hydrogens is 286 g/mol. The molecule has 0 bridgehead atoms. The van der Waals surface area contributed by atoms with Crippen LogP contribution in [0.3, 0.4) is 0 Å². The van der Waals surface area contributed by atoms with Crippen LogP contribution < -0.4 is 5.32 Å². The van der Waals surface area contributed by atoms with Gasteiger partial charge in [0, 0.05) is 31.8 Å². The van der Waals surface area contributed by atoms with Crippen LogP contribution in [-0.4, -0.2) is 61.0 Å². The molecule has 0 aromatic rings. The number of piperidine rings is 1. The second kappa shape index (κ2) is 8.84. The van der Waals surface area contributed by atoms with Crippen molar-refractivity contribution in [1.29, 1.82) is 0 Å². The number of rotatable bonds is 6. The fourth-order valence-electron chi connectivity index (χ4n) is 3.90. The quantitative estimate of drug-likeness (QED) is 0.764. The number of hydrogen-bond donors (Lipinski definition) is 1. The lowest BCUT2D eigenvalue weighted by molar-refractivity contribution is -0.116. The summed E-state index contributed by atoms with van der Waals surface area (Å²) in [7, 11) is 0. The Hall–Kier alpha value is -0.870. The van der Waals surface area contributed by atoms with Gasteiger partial charge in [-0.3, -0.25) is 9.69 Å². The Balaban J connectivity index is 1.68. The van der Waals surface area contributed by atoms with Crippen molar-refractivity contribution < 1.29 is 4.79 Å². The third-order valence-corrected chi connectivity index (χ3v) is 5.00. The van der Waals surface area contributed by atoms with Gasteiger partial charge in [-0.25, -0.2) is 0 Å². The Kier molecular flexibility index (Phi) is 7.09. The molecule has 2 aliphatic rings. The molecule has 2 aliphatic heterocycles. The number of hydrogen-bond acceptors (Lipinski definition) is 3. The van der Waals surface area contributed by atoms with Crippen LogP contribution in [0.15, 0.2) is 11.6 Å². The zero-order valence-electron chi connectivity index (χ0n) is 15.5. The molecule has 1 N–H and O–H groups in total. The van der Waals surface area contributed by atoms with Gasteiger partial charge in [0.25, 0.3) is 0 Å². The molecule has 1 unspecified atom stereocenters. The van der Waals surface area contributed by atoms with Gasteiger partial charge in [0.2, 0.25) is 5.91 Å². The molecule has 2 fully saturated rings. The van der Waals surface area contributed by atoms with Crippen molar-refractivity contribution >= 4 is 5.91 Å². The largest absolute Gasteiger partial charge is 0.352 e. The van der Waals surface area contributed by atoms with Crippen molar-refractivity contribution in [1.82, 2.24) is 15.1 Å². The Labute approximate surface area is 142 Å². The van der Waals surface area contributed by atoms with E-state index in [0.717, 1.165) is 30.6 Å². The van der Waals surface area contributed by atoms with Crippen molar-refractivity contribution in [2.75, 3.05) is 39.3 Å². The van der Waals surface area contributed by atoms with Crippen LogP contribution in [0.25, 0.3) is 0 Å². The van der Waals surface area contributed by atoms with Gasteiger partial charge in [0.1, 0.15) is 0 Å². The van der Waals surface area contributed by atoms with E-state index < -0.39 is 0 Å². The fourth-order valence-corrected chi connectivity index (χ4v) is 3.90. The number of amides is 1. The maximum absolute atomic E-state index is 11.7. The number of carbonyl (C=O) groups is 1. The molecule has 0 aromatic heterocycles. The zero-order valence-corrected chi connectivity index (χ0v) is 15.5. The topological polar surface area (TPSA) is 35.6 Å². The summed E-state index contributed by atoms with van der Waals surface area (Å²) >= 11 is 0. The first kappa shape index (κ1) is 18.5. The Morgan fingerprint density at radius 1 is 1.17 bits per heavy atom. The van der Waals surface area contributed by atoms with Crippen LogP contribution in [0.2, 0.25) is 0 Å². The van der Waals surface area contributed by atoms with E-state index >= 15 is 0 Å². The summed E-state index contributed by atoms with van der Waals surface area (Å²) in [6.07, 6.45) is 5.53. The first-order valence-electron chi connectivity index (χ1n) is 9.33. The van der Waals surface area contributed by atoms with Crippen molar-refractivity contribution in [3.63, 3.8) is 0 Å². The summed E-state index contributed by atoms with van der Waals surface area (Å²) in [4.78, 5) is 17.0. The average molecular weight is 322 g/mol. The highest BCUT2D eigenvalue weighted by molar-refractivity contribution is 5.87. The van der Waals surface area contributed by atoms with E-state index in [2.05, 4.69) is 29.0 Å². The van der Waals surface area contributed by atoms with E-state index in [1.54, 1.807) is 6.08 Å². The predicted molar refractivity (Wildman–Crippen MR) is 96.4 cm³/mol. The van der Waals surface area contributed by atoms with Gasteiger partial charge in [0.15, 0.2) is 0 Å². The molecule has 2 saturated heterocycles. The highest BCUT2D eigenvalue weighted by atomic mass is 16.1. The fraction of sp³-hybridized carbons (Fsp3) is 0.842. The van der Waals surface area contributed by atoms with Gasteiger partial charge in [-0.1, -0.05) is 19.4 Å². The Morgan fingerprint density at radius 2 is 1.87 bits per heavy atom. The number of allylic oxidation sites excluding steroid dienone is 1. The normalized spacial score (nSPS) is 24.1. The minimum atomic E-state index is 0.0606. The van der Waals surface area contributed by atoms with Gasteiger partial charge >= 0.3 is 0 Å². The molecule has 0 spiro atoms. The maximum atomic E-state index is 11.7. The van der Waals surface area contributed by atoms with Crippen LogP contribution in [0.1, 0.15) is 47.0 Å². The molecule has 1 amide bonds. The van der Waals surface area contributed by atoms with Crippen molar-refractivity contribution in [3.05, 3.63) is 11.6 Å². The first-order valence-corrected chi connectivity index (χ1v) is 9.33. The maximum Gasteiger partial charge on any atom is 0.243 e. The lowest BCUT2D eigenvalue weighted by atomic mass is 10.0. The standard InChI is InChI=1S/C19H35N3O/c1-15(2)11-19(23)20-12-17-5-10-22(14-17)18-6-8-21(9-7-18)13-16(3)4/h11,16-18H,5-10,12-14H2,1-4H3,(H,20,23). The van der Waals surface area contributed by atoms with E-state index in [1.165, 1.54) is 45.4 Å². The molecule has 23 heavy (non-hydrogen) atoms. The predicted octanol–water partition coefficient (Wildman–Crippen LogP) is 2.51. The number of carbonyl (C=O) groups excluding carboxylic acids is 1.